The van der Waals surface area contributed by atoms with E-state index in [1.807, 2.05) is 0 Å². The quantitative estimate of drug-likeness (QED) is 0.790. The fraction of sp³-hybridized carbons (Fsp3) is 0.417. The summed E-state index contributed by atoms with van der Waals surface area (Å²) in [6, 6.07) is 0. The molecule has 0 bridgehead atoms. The summed E-state index contributed by atoms with van der Waals surface area (Å²) in [5.74, 6) is 0.402. The standard InChI is InChI=1S/C12H14N2O3S/c13-4-2-1-3-5-18-10-6-9(15)12-8(11(10)16)7-14-17-12/h6-7H,1-5,13H2. The number of nitrogens with zero attached hydrogens (tertiary/aromatic N) is 1. The average Bonchev–Trinajstić information content (AvgIpc) is 2.84. The van der Waals surface area contributed by atoms with Crippen molar-refractivity contribution in [2.24, 2.45) is 5.73 Å². The Morgan fingerprint density at radius 2 is 2.11 bits per heavy atom. The smallest absolute Gasteiger partial charge is 0.225 e. The third-order valence-corrected chi connectivity index (χ3v) is 3.74. The van der Waals surface area contributed by atoms with Crippen molar-refractivity contribution in [2.75, 3.05) is 12.3 Å². The molecule has 5 nitrogen and oxygen atoms in total. The second-order valence-electron chi connectivity index (χ2n) is 3.97. The van der Waals surface area contributed by atoms with Crippen LogP contribution in [0.15, 0.2) is 21.7 Å². The first-order valence-corrected chi connectivity index (χ1v) is 6.81. The summed E-state index contributed by atoms with van der Waals surface area (Å²) < 4.78 is 4.76. The lowest BCUT2D eigenvalue weighted by molar-refractivity contribution is 0.0967. The van der Waals surface area contributed by atoms with Gasteiger partial charge in [0, 0.05) is 6.08 Å². The highest BCUT2D eigenvalue weighted by Gasteiger charge is 2.29. The summed E-state index contributed by atoms with van der Waals surface area (Å²) >= 11 is 1.41. The zero-order chi connectivity index (χ0) is 13.0. The number of nitrogens with two attached hydrogens (primary N) is 1. The van der Waals surface area contributed by atoms with Crippen LogP contribution in [0.1, 0.15) is 40.2 Å². The second-order valence-corrected chi connectivity index (χ2v) is 5.11. The summed E-state index contributed by atoms with van der Waals surface area (Å²) in [4.78, 5) is 24.1. The van der Waals surface area contributed by atoms with E-state index in [0.717, 1.165) is 25.0 Å². The van der Waals surface area contributed by atoms with Gasteiger partial charge in [-0.05, 0) is 25.1 Å². The molecule has 0 amide bonds. The van der Waals surface area contributed by atoms with Gasteiger partial charge in [0.1, 0.15) is 0 Å². The Morgan fingerprint density at radius 3 is 2.89 bits per heavy atom. The molecule has 0 spiro atoms. The lowest BCUT2D eigenvalue weighted by Gasteiger charge is -2.09. The molecule has 1 aliphatic rings. The summed E-state index contributed by atoms with van der Waals surface area (Å²) in [6.07, 6.45) is 5.65. The molecule has 6 heteroatoms. The molecule has 1 aromatic heterocycles. The molecule has 0 aliphatic heterocycles. The van der Waals surface area contributed by atoms with Crippen molar-refractivity contribution >= 4 is 23.3 Å². The number of carbonyl (C=O) groups excluding carboxylic acids is 2. The Balaban J connectivity index is 1.94. The highest BCUT2D eigenvalue weighted by molar-refractivity contribution is 8.04. The van der Waals surface area contributed by atoms with E-state index in [1.54, 1.807) is 0 Å². The maximum absolute atomic E-state index is 12.0. The summed E-state index contributed by atoms with van der Waals surface area (Å²) in [7, 11) is 0. The van der Waals surface area contributed by atoms with Crippen LogP contribution in [0.4, 0.5) is 0 Å². The largest absolute Gasteiger partial charge is 0.352 e. The van der Waals surface area contributed by atoms with Crippen LogP contribution in [0.5, 0.6) is 0 Å². The van der Waals surface area contributed by atoms with Crippen molar-refractivity contribution in [2.45, 2.75) is 19.3 Å². The van der Waals surface area contributed by atoms with E-state index in [1.165, 1.54) is 24.0 Å². The van der Waals surface area contributed by atoms with Gasteiger partial charge in [-0.1, -0.05) is 11.6 Å². The van der Waals surface area contributed by atoms with Gasteiger partial charge < -0.3 is 10.3 Å². The zero-order valence-corrected chi connectivity index (χ0v) is 10.7. The number of thioether (sulfide) groups is 1. The number of hydrogen-bond donors (Lipinski definition) is 1. The second kappa shape index (κ2) is 5.97. The first kappa shape index (κ1) is 13.0. The van der Waals surface area contributed by atoms with E-state index in [-0.39, 0.29) is 22.9 Å². The minimum absolute atomic E-state index is 0.0486. The van der Waals surface area contributed by atoms with Crippen LogP contribution >= 0.6 is 11.8 Å². The number of carbonyl (C=O) groups is 2. The maximum atomic E-state index is 12.0. The Kier molecular flexibility index (Phi) is 4.33. The molecule has 18 heavy (non-hydrogen) atoms. The normalized spacial score (nSPS) is 14.6. The van der Waals surface area contributed by atoms with Gasteiger partial charge in [0.2, 0.25) is 17.3 Å². The highest BCUT2D eigenvalue weighted by atomic mass is 32.2. The van der Waals surface area contributed by atoms with Crippen LogP contribution in [0.25, 0.3) is 0 Å². The maximum Gasteiger partial charge on any atom is 0.225 e. The van der Waals surface area contributed by atoms with Gasteiger partial charge >= 0.3 is 0 Å². The van der Waals surface area contributed by atoms with Gasteiger partial charge in [0.25, 0.3) is 0 Å². The first-order valence-electron chi connectivity index (χ1n) is 5.82. The minimum Gasteiger partial charge on any atom is -0.352 e. The average molecular weight is 266 g/mol. The lowest BCUT2D eigenvalue weighted by atomic mass is 10.0. The number of ketones is 2. The van der Waals surface area contributed by atoms with E-state index < -0.39 is 0 Å². The van der Waals surface area contributed by atoms with Crippen molar-refractivity contribution in [3.05, 3.63) is 28.5 Å². The van der Waals surface area contributed by atoms with E-state index in [4.69, 9.17) is 10.3 Å². The summed E-state index contributed by atoms with van der Waals surface area (Å²) in [6.45, 7) is 0.689. The van der Waals surface area contributed by atoms with Gasteiger partial charge in [0.05, 0.1) is 16.7 Å². The molecule has 2 rings (SSSR count). The van der Waals surface area contributed by atoms with Crippen molar-refractivity contribution in [3.8, 4) is 0 Å². The fourth-order valence-electron chi connectivity index (χ4n) is 1.67. The Morgan fingerprint density at radius 1 is 1.28 bits per heavy atom. The number of unbranched alkanes of at least 4 members (excludes halogenated alkanes) is 2. The number of fused-ring (bicyclic) bond motifs is 1. The van der Waals surface area contributed by atoms with E-state index >= 15 is 0 Å². The molecule has 2 N–H and O–H groups in total. The van der Waals surface area contributed by atoms with E-state index in [9.17, 15) is 9.59 Å². The van der Waals surface area contributed by atoms with Crippen LogP contribution < -0.4 is 5.73 Å². The van der Waals surface area contributed by atoms with Crippen molar-refractivity contribution in [1.82, 2.24) is 5.16 Å². The zero-order valence-electron chi connectivity index (χ0n) is 9.85. The third-order valence-electron chi connectivity index (χ3n) is 2.63. The fourth-order valence-corrected chi connectivity index (χ4v) is 2.67. The van der Waals surface area contributed by atoms with Crippen molar-refractivity contribution in [1.29, 1.82) is 0 Å². The minimum atomic E-state index is -0.286. The molecule has 1 aliphatic carbocycles. The SMILES string of the molecule is NCCCCCSC1=CC(=O)c2oncc2C1=O. The Labute approximate surface area is 109 Å². The van der Waals surface area contributed by atoms with Crippen LogP contribution in [-0.4, -0.2) is 29.0 Å². The summed E-state index contributed by atoms with van der Waals surface area (Å²) in [5.41, 5.74) is 5.67. The molecule has 0 aromatic carbocycles. The highest BCUT2D eigenvalue weighted by Crippen LogP contribution is 2.28. The number of Topliss-reactive ketones (excluding diaryl/α,β-unsaturated/α-hetero) is 1. The van der Waals surface area contributed by atoms with Crippen LogP contribution in [0.3, 0.4) is 0 Å². The van der Waals surface area contributed by atoms with Gasteiger partial charge in [0.15, 0.2) is 0 Å². The van der Waals surface area contributed by atoms with E-state index in [2.05, 4.69) is 5.16 Å². The molecule has 96 valence electrons. The monoisotopic (exact) mass is 266 g/mol. The first-order chi connectivity index (χ1) is 8.74. The topological polar surface area (TPSA) is 86.2 Å². The van der Waals surface area contributed by atoms with Gasteiger partial charge in [-0.25, -0.2) is 0 Å². The number of rotatable bonds is 6. The van der Waals surface area contributed by atoms with Gasteiger partial charge in [-0.15, -0.1) is 11.8 Å². The van der Waals surface area contributed by atoms with Gasteiger partial charge in [-0.2, -0.15) is 0 Å². The van der Waals surface area contributed by atoms with Gasteiger partial charge in [-0.3, -0.25) is 9.59 Å². The Bertz CT molecular complexity index is 493. The predicted octanol–water partition coefficient (Wildman–Crippen LogP) is 1.80. The molecule has 0 atom stereocenters. The number of allylic oxidation sites excluding steroid dienone is 2. The Hall–Kier alpha value is -1.40. The molecule has 0 fully saturated rings. The van der Waals surface area contributed by atoms with E-state index in [0.29, 0.717) is 11.4 Å². The van der Waals surface area contributed by atoms with Crippen LogP contribution in [0.2, 0.25) is 0 Å². The molecule has 0 saturated carbocycles. The number of hydrogen-bond acceptors (Lipinski definition) is 6. The lowest BCUT2D eigenvalue weighted by Crippen LogP contribution is -2.13. The van der Waals surface area contributed by atoms with Crippen LogP contribution in [-0.2, 0) is 0 Å². The molecular weight excluding hydrogens is 252 g/mol. The molecule has 1 heterocycles. The van der Waals surface area contributed by atoms with Crippen molar-refractivity contribution < 1.29 is 14.1 Å². The van der Waals surface area contributed by atoms with Crippen LogP contribution in [0, 0.1) is 0 Å². The molecule has 0 saturated heterocycles. The van der Waals surface area contributed by atoms with Crippen molar-refractivity contribution in [3.63, 3.8) is 0 Å². The molecule has 1 aromatic rings. The summed E-state index contributed by atoms with van der Waals surface area (Å²) in [5, 5.41) is 3.49. The molecular formula is C12H14N2O3S. The molecule has 0 unspecified atom stereocenters. The third kappa shape index (κ3) is 2.70. The predicted molar refractivity (Wildman–Crippen MR) is 68.6 cm³/mol. The molecule has 0 radical (unpaired) electrons. The number of aromatic nitrogens is 1.